The summed E-state index contributed by atoms with van der Waals surface area (Å²) >= 11 is 0. The third-order valence-corrected chi connectivity index (χ3v) is 2.86. The van der Waals surface area contributed by atoms with E-state index < -0.39 is 8.07 Å². The lowest BCUT2D eigenvalue weighted by Gasteiger charge is -2.03. The lowest BCUT2D eigenvalue weighted by molar-refractivity contribution is 1.32. The van der Waals surface area contributed by atoms with Crippen LogP contribution in [-0.2, 0) is 0 Å². The average molecular weight is 214 g/mol. The Labute approximate surface area is 90.7 Å². The fourth-order valence-electron chi connectivity index (χ4n) is 1.27. The van der Waals surface area contributed by atoms with Crippen molar-refractivity contribution in [3.8, 4) is 11.5 Å². The van der Waals surface area contributed by atoms with Crippen molar-refractivity contribution < 1.29 is 0 Å². The first-order valence-corrected chi connectivity index (χ1v) is 8.51. The minimum atomic E-state index is -1.29. The standard InChI is InChI=1S/C12H14N2Si/c1-15(2,3)7-5-10-8-11-4-6-13-12(11)14-9-10/h4,6,8-9H,1-3H3,(H,13,14). The summed E-state index contributed by atoms with van der Waals surface area (Å²) in [6.07, 6.45) is 3.72. The number of fused-ring (bicyclic) bond motifs is 1. The molecule has 2 nitrogen and oxygen atoms in total. The highest BCUT2D eigenvalue weighted by Gasteiger charge is 2.07. The molecule has 0 unspecified atom stereocenters. The fraction of sp³-hybridized carbons (Fsp3) is 0.250. The molecule has 0 aliphatic rings. The van der Waals surface area contributed by atoms with Crippen molar-refractivity contribution in [2.45, 2.75) is 19.6 Å². The number of H-pyrrole nitrogens is 1. The zero-order valence-corrected chi connectivity index (χ0v) is 10.3. The topological polar surface area (TPSA) is 28.7 Å². The van der Waals surface area contributed by atoms with Crippen molar-refractivity contribution >= 4 is 19.1 Å². The highest BCUT2D eigenvalue weighted by Crippen LogP contribution is 2.10. The molecule has 0 atom stereocenters. The Bertz CT molecular complexity index is 538. The maximum absolute atomic E-state index is 4.30. The number of nitrogens with zero attached hydrogens (tertiary/aromatic N) is 1. The molecule has 0 saturated heterocycles. The van der Waals surface area contributed by atoms with E-state index in [-0.39, 0.29) is 0 Å². The molecule has 2 rings (SSSR count). The van der Waals surface area contributed by atoms with E-state index in [1.807, 2.05) is 18.5 Å². The number of nitrogens with one attached hydrogen (secondary N) is 1. The highest BCUT2D eigenvalue weighted by atomic mass is 28.3. The van der Waals surface area contributed by atoms with Crippen LogP contribution in [-0.4, -0.2) is 18.0 Å². The van der Waals surface area contributed by atoms with E-state index in [4.69, 9.17) is 0 Å². The summed E-state index contributed by atoms with van der Waals surface area (Å²) < 4.78 is 0. The van der Waals surface area contributed by atoms with Gasteiger partial charge in [0, 0.05) is 23.3 Å². The molecule has 0 saturated carbocycles. The van der Waals surface area contributed by atoms with Crippen molar-refractivity contribution in [2.24, 2.45) is 0 Å². The van der Waals surface area contributed by atoms with Gasteiger partial charge in [-0.25, -0.2) is 4.98 Å². The van der Waals surface area contributed by atoms with Gasteiger partial charge in [0.1, 0.15) is 13.7 Å². The molecule has 0 aromatic carbocycles. The summed E-state index contributed by atoms with van der Waals surface area (Å²) in [7, 11) is -1.29. The molecule has 2 aromatic heterocycles. The van der Waals surface area contributed by atoms with Crippen LogP contribution in [0.2, 0.25) is 19.6 Å². The summed E-state index contributed by atoms with van der Waals surface area (Å²) in [5.41, 5.74) is 5.26. The molecule has 15 heavy (non-hydrogen) atoms. The summed E-state index contributed by atoms with van der Waals surface area (Å²) in [4.78, 5) is 7.37. The Hall–Kier alpha value is -1.53. The molecule has 0 aliphatic carbocycles. The summed E-state index contributed by atoms with van der Waals surface area (Å²) in [6, 6.07) is 4.09. The first kappa shape index (κ1) is 10.0. The summed E-state index contributed by atoms with van der Waals surface area (Å²) in [5, 5.41) is 1.12. The maximum Gasteiger partial charge on any atom is 0.137 e. The fourth-order valence-corrected chi connectivity index (χ4v) is 1.79. The van der Waals surface area contributed by atoms with Crippen molar-refractivity contribution in [1.82, 2.24) is 9.97 Å². The van der Waals surface area contributed by atoms with Gasteiger partial charge in [0.15, 0.2) is 0 Å². The third kappa shape index (κ3) is 2.48. The molecule has 0 amide bonds. The third-order valence-electron chi connectivity index (χ3n) is 1.98. The van der Waals surface area contributed by atoms with E-state index in [1.165, 1.54) is 0 Å². The quantitative estimate of drug-likeness (QED) is 0.530. The van der Waals surface area contributed by atoms with Gasteiger partial charge in [0.25, 0.3) is 0 Å². The van der Waals surface area contributed by atoms with Gasteiger partial charge in [-0.1, -0.05) is 25.6 Å². The first-order valence-electron chi connectivity index (χ1n) is 5.01. The second-order valence-electron chi connectivity index (χ2n) is 4.64. The SMILES string of the molecule is C[Si](C)(C)C#Cc1cnc2[nH]ccc2c1. The van der Waals surface area contributed by atoms with Gasteiger partial charge < -0.3 is 4.98 Å². The van der Waals surface area contributed by atoms with Crippen LogP contribution in [0, 0.1) is 11.5 Å². The van der Waals surface area contributed by atoms with Crippen LogP contribution in [0.5, 0.6) is 0 Å². The van der Waals surface area contributed by atoms with Crippen LogP contribution >= 0.6 is 0 Å². The van der Waals surface area contributed by atoms with Crippen molar-refractivity contribution in [1.29, 1.82) is 0 Å². The molecular formula is C12H14N2Si. The predicted molar refractivity (Wildman–Crippen MR) is 66.3 cm³/mol. The van der Waals surface area contributed by atoms with Crippen LogP contribution in [0.1, 0.15) is 5.56 Å². The normalized spacial score (nSPS) is 11.1. The average Bonchev–Trinajstić information content (AvgIpc) is 2.60. The zero-order valence-electron chi connectivity index (χ0n) is 9.26. The van der Waals surface area contributed by atoms with Crippen LogP contribution in [0.4, 0.5) is 0 Å². The van der Waals surface area contributed by atoms with Crippen LogP contribution in [0.25, 0.3) is 11.0 Å². The molecule has 0 radical (unpaired) electrons. The molecule has 0 aliphatic heterocycles. The van der Waals surface area contributed by atoms with Crippen molar-refractivity contribution in [2.75, 3.05) is 0 Å². The number of hydrogen-bond acceptors (Lipinski definition) is 1. The van der Waals surface area contributed by atoms with Gasteiger partial charge in [0.05, 0.1) is 0 Å². The Morgan fingerprint density at radius 3 is 2.87 bits per heavy atom. The van der Waals surface area contributed by atoms with Crippen LogP contribution in [0.15, 0.2) is 24.5 Å². The molecule has 0 spiro atoms. The lowest BCUT2D eigenvalue weighted by atomic mass is 10.2. The van der Waals surface area contributed by atoms with E-state index in [9.17, 15) is 0 Å². The van der Waals surface area contributed by atoms with E-state index in [2.05, 4.69) is 47.1 Å². The molecular weight excluding hydrogens is 200 g/mol. The number of aromatic amines is 1. The molecule has 76 valence electrons. The van der Waals surface area contributed by atoms with E-state index in [0.29, 0.717) is 0 Å². The van der Waals surface area contributed by atoms with Crippen LogP contribution in [0.3, 0.4) is 0 Å². The highest BCUT2D eigenvalue weighted by molar-refractivity contribution is 6.83. The minimum Gasteiger partial charge on any atom is -0.346 e. The van der Waals surface area contributed by atoms with Gasteiger partial charge in [-0.3, -0.25) is 0 Å². The Morgan fingerprint density at radius 1 is 1.33 bits per heavy atom. The van der Waals surface area contributed by atoms with Gasteiger partial charge in [-0.05, 0) is 12.1 Å². The zero-order chi connectivity index (χ0) is 10.9. The van der Waals surface area contributed by atoms with Gasteiger partial charge in [-0.15, -0.1) is 5.54 Å². The van der Waals surface area contributed by atoms with E-state index in [1.54, 1.807) is 0 Å². The smallest absolute Gasteiger partial charge is 0.137 e. The Kier molecular flexibility index (Phi) is 2.37. The van der Waals surface area contributed by atoms with Crippen molar-refractivity contribution in [3.63, 3.8) is 0 Å². The summed E-state index contributed by atoms with van der Waals surface area (Å²) in [5.74, 6) is 3.20. The largest absolute Gasteiger partial charge is 0.346 e. The van der Waals surface area contributed by atoms with Crippen LogP contribution < -0.4 is 0 Å². The molecule has 2 aromatic rings. The number of pyridine rings is 1. The minimum absolute atomic E-state index is 0.925. The maximum atomic E-state index is 4.30. The second kappa shape index (κ2) is 3.56. The number of hydrogen-bond donors (Lipinski definition) is 1. The lowest BCUT2D eigenvalue weighted by Crippen LogP contribution is -2.16. The number of rotatable bonds is 0. The van der Waals surface area contributed by atoms with Crippen molar-refractivity contribution in [3.05, 3.63) is 30.1 Å². The molecule has 1 N–H and O–H groups in total. The molecule has 0 fully saturated rings. The monoisotopic (exact) mass is 214 g/mol. The number of aromatic nitrogens is 2. The van der Waals surface area contributed by atoms with Gasteiger partial charge >= 0.3 is 0 Å². The molecule has 3 heteroatoms. The molecule has 2 heterocycles. The predicted octanol–water partition coefficient (Wildman–Crippen LogP) is 2.79. The summed E-state index contributed by atoms with van der Waals surface area (Å²) in [6.45, 7) is 6.72. The second-order valence-corrected chi connectivity index (χ2v) is 9.39. The van der Waals surface area contributed by atoms with E-state index >= 15 is 0 Å². The van der Waals surface area contributed by atoms with E-state index in [0.717, 1.165) is 16.6 Å². The van der Waals surface area contributed by atoms with Gasteiger partial charge in [-0.2, -0.15) is 0 Å². The Balaban J connectivity index is 2.39. The molecule has 0 bridgehead atoms. The first-order chi connectivity index (χ1) is 7.04. The Morgan fingerprint density at radius 2 is 2.13 bits per heavy atom. The van der Waals surface area contributed by atoms with Gasteiger partial charge in [0.2, 0.25) is 0 Å².